The zero-order chi connectivity index (χ0) is 12.8. The summed E-state index contributed by atoms with van der Waals surface area (Å²) in [6.07, 6.45) is 0.633. The zero-order valence-electron chi connectivity index (χ0n) is 8.81. The van der Waals surface area contributed by atoms with E-state index in [0.717, 1.165) is 0 Å². The van der Waals surface area contributed by atoms with Gasteiger partial charge in [0.05, 0.1) is 10.8 Å². The molecule has 0 aromatic heterocycles. The van der Waals surface area contributed by atoms with Gasteiger partial charge in [0.2, 0.25) is 6.54 Å². The van der Waals surface area contributed by atoms with E-state index in [9.17, 15) is 25.0 Å². The van der Waals surface area contributed by atoms with Crippen LogP contribution in [0.5, 0.6) is 0 Å². The van der Waals surface area contributed by atoms with Crippen LogP contribution in [0, 0.1) is 20.2 Å². The van der Waals surface area contributed by atoms with Crippen molar-refractivity contribution in [2.75, 3.05) is 6.54 Å². The lowest BCUT2D eigenvalue weighted by atomic mass is 9.96. The smallest absolute Gasteiger partial charge is 0.269 e. The van der Waals surface area contributed by atoms with Gasteiger partial charge in [0.25, 0.3) is 5.69 Å². The Balaban J connectivity index is 2.90. The lowest BCUT2D eigenvalue weighted by Crippen LogP contribution is -2.13. The van der Waals surface area contributed by atoms with Crippen molar-refractivity contribution in [3.05, 3.63) is 50.1 Å². The lowest BCUT2D eigenvalue weighted by Gasteiger charge is -2.09. The number of non-ortho nitro benzene ring substituents is 1. The summed E-state index contributed by atoms with van der Waals surface area (Å²) in [6, 6.07) is 5.42. The Bertz CT molecular complexity index is 429. The summed E-state index contributed by atoms with van der Waals surface area (Å²) in [5.74, 6) is -0.539. The maximum absolute atomic E-state index is 10.4. The van der Waals surface area contributed by atoms with Crippen LogP contribution in [0.15, 0.2) is 24.3 Å². The number of rotatable bonds is 6. The molecule has 1 aromatic rings. The summed E-state index contributed by atoms with van der Waals surface area (Å²) in [7, 11) is 0. The van der Waals surface area contributed by atoms with Crippen LogP contribution in [-0.2, 0) is 4.79 Å². The minimum Gasteiger partial charge on any atom is -0.303 e. The molecule has 0 heterocycles. The van der Waals surface area contributed by atoms with Crippen LogP contribution in [0.4, 0.5) is 5.69 Å². The van der Waals surface area contributed by atoms with Crippen molar-refractivity contribution in [2.24, 2.45) is 0 Å². The van der Waals surface area contributed by atoms with Crippen LogP contribution in [-0.4, -0.2) is 22.7 Å². The second-order valence-corrected chi connectivity index (χ2v) is 3.46. The van der Waals surface area contributed by atoms with Crippen molar-refractivity contribution < 1.29 is 14.6 Å². The molecule has 0 N–H and O–H groups in total. The lowest BCUT2D eigenvalue weighted by molar-refractivity contribution is -0.483. The van der Waals surface area contributed by atoms with Crippen molar-refractivity contribution in [3.8, 4) is 0 Å². The molecule has 0 bridgehead atoms. The first-order chi connectivity index (χ1) is 8.04. The van der Waals surface area contributed by atoms with Gasteiger partial charge >= 0.3 is 0 Å². The molecule has 0 radical (unpaired) electrons. The predicted molar refractivity (Wildman–Crippen MR) is 58.4 cm³/mol. The van der Waals surface area contributed by atoms with Gasteiger partial charge < -0.3 is 4.79 Å². The van der Waals surface area contributed by atoms with Gasteiger partial charge in [0, 0.05) is 23.5 Å². The average Bonchev–Trinajstić information content (AvgIpc) is 2.28. The molecule has 7 heteroatoms. The number of aldehydes is 1. The van der Waals surface area contributed by atoms with Crippen LogP contribution < -0.4 is 0 Å². The number of carbonyl (C=O) groups is 1. The molecule has 0 aliphatic carbocycles. The van der Waals surface area contributed by atoms with Crippen molar-refractivity contribution in [1.82, 2.24) is 0 Å². The SMILES string of the molecule is O=CC[C@H](C[N+](=O)[O-])c1ccc([N+](=O)[O-])cc1. The van der Waals surface area contributed by atoms with Crippen LogP contribution >= 0.6 is 0 Å². The van der Waals surface area contributed by atoms with Crippen molar-refractivity contribution in [2.45, 2.75) is 12.3 Å². The highest BCUT2D eigenvalue weighted by molar-refractivity contribution is 5.52. The van der Waals surface area contributed by atoms with Crippen LogP contribution in [0.1, 0.15) is 17.9 Å². The number of nitro benzene ring substituents is 1. The van der Waals surface area contributed by atoms with Crippen molar-refractivity contribution in [3.63, 3.8) is 0 Å². The van der Waals surface area contributed by atoms with Crippen LogP contribution in [0.3, 0.4) is 0 Å². The average molecular weight is 238 g/mol. The van der Waals surface area contributed by atoms with E-state index in [2.05, 4.69) is 0 Å². The van der Waals surface area contributed by atoms with E-state index in [-0.39, 0.29) is 18.7 Å². The first kappa shape index (κ1) is 12.8. The number of nitrogens with zero attached hydrogens (tertiary/aromatic N) is 2. The molecule has 90 valence electrons. The van der Waals surface area contributed by atoms with E-state index >= 15 is 0 Å². The third-order valence-corrected chi connectivity index (χ3v) is 2.33. The maximum Gasteiger partial charge on any atom is 0.269 e. The molecule has 17 heavy (non-hydrogen) atoms. The fraction of sp³-hybridized carbons (Fsp3) is 0.300. The number of benzene rings is 1. The molecule has 0 aliphatic rings. The Morgan fingerprint density at radius 1 is 1.18 bits per heavy atom. The molecule has 1 aromatic carbocycles. The maximum atomic E-state index is 10.4. The Labute approximate surface area is 96.4 Å². The van der Waals surface area contributed by atoms with Gasteiger partial charge in [-0.25, -0.2) is 0 Å². The molecule has 7 nitrogen and oxygen atoms in total. The molecule has 0 saturated carbocycles. The van der Waals surface area contributed by atoms with Crippen molar-refractivity contribution >= 4 is 12.0 Å². The summed E-state index contributed by atoms with van der Waals surface area (Å²) in [6.45, 7) is -0.365. The third kappa shape index (κ3) is 3.63. The van der Waals surface area contributed by atoms with Gasteiger partial charge in [-0.1, -0.05) is 12.1 Å². The number of hydrogen-bond acceptors (Lipinski definition) is 5. The van der Waals surface area contributed by atoms with Gasteiger partial charge in [-0.2, -0.15) is 0 Å². The molecule has 0 fully saturated rings. The summed E-state index contributed by atoms with van der Waals surface area (Å²) in [5, 5.41) is 20.8. The fourth-order valence-corrected chi connectivity index (χ4v) is 1.48. The second-order valence-electron chi connectivity index (χ2n) is 3.46. The van der Waals surface area contributed by atoms with E-state index in [1.165, 1.54) is 24.3 Å². The molecule has 0 spiro atoms. The van der Waals surface area contributed by atoms with E-state index in [1.54, 1.807) is 0 Å². The highest BCUT2D eigenvalue weighted by atomic mass is 16.6. The molecule has 1 atom stereocenters. The topological polar surface area (TPSA) is 103 Å². The Morgan fingerprint density at radius 3 is 2.18 bits per heavy atom. The van der Waals surface area contributed by atoms with Gasteiger partial charge in [0.1, 0.15) is 6.29 Å². The summed E-state index contributed by atoms with van der Waals surface area (Å²) in [5.41, 5.74) is 0.471. The van der Waals surface area contributed by atoms with E-state index < -0.39 is 15.8 Å². The largest absolute Gasteiger partial charge is 0.303 e. The first-order valence-electron chi connectivity index (χ1n) is 4.84. The van der Waals surface area contributed by atoms with Gasteiger partial charge in [-0.15, -0.1) is 0 Å². The quantitative estimate of drug-likeness (QED) is 0.424. The first-order valence-corrected chi connectivity index (χ1v) is 4.84. The van der Waals surface area contributed by atoms with Gasteiger partial charge in [-0.3, -0.25) is 20.2 Å². The highest BCUT2D eigenvalue weighted by Gasteiger charge is 2.18. The summed E-state index contributed by atoms with van der Waals surface area (Å²) >= 11 is 0. The van der Waals surface area contributed by atoms with Crippen LogP contribution in [0.2, 0.25) is 0 Å². The minimum atomic E-state index is -0.550. The summed E-state index contributed by atoms with van der Waals surface area (Å²) in [4.78, 5) is 30.2. The normalized spacial score (nSPS) is 11.8. The minimum absolute atomic E-state index is 0.0266. The molecule has 0 unspecified atom stereocenters. The standard InChI is InChI=1S/C10H10N2O5/c13-6-5-9(7-11(14)15)8-1-3-10(4-2-8)12(16)17/h1-4,6,9H,5,7H2/t9-/m1/s1. The second kappa shape index (κ2) is 5.69. The zero-order valence-corrected chi connectivity index (χ0v) is 8.81. The highest BCUT2D eigenvalue weighted by Crippen LogP contribution is 2.21. The Kier molecular flexibility index (Phi) is 4.27. The molecule has 0 aliphatic heterocycles. The molecule has 1 rings (SSSR count). The van der Waals surface area contributed by atoms with E-state index in [1.807, 2.05) is 0 Å². The van der Waals surface area contributed by atoms with Crippen LogP contribution in [0.25, 0.3) is 0 Å². The van der Waals surface area contributed by atoms with Crippen molar-refractivity contribution in [1.29, 1.82) is 0 Å². The summed E-state index contributed by atoms with van der Waals surface area (Å²) < 4.78 is 0. The molecular formula is C10H10N2O5. The number of hydrogen-bond donors (Lipinski definition) is 0. The van der Waals surface area contributed by atoms with Gasteiger partial charge in [-0.05, 0) is 5.56 Å². The monoisotopic (exact) mass is 238 g/mol. The molecule has 0 amide bonds. The fourth-order valence-electron chi connectivity index (χ4n) is 1.48. The number of carbonyl (C=O) groups excluding carboxylic acids is 1. The Hall–Kier alpha value is -2.31. The molecular weight excluding hydrogens is 228 g/mol. The van der Waals surface area contributed by atoms with E-state index in [4.69, 9.17) is 0 Å². The Morgan fingerprint density at radius 2 is 1.76 bits per heavy atom. The van der Waals surface area contributed by atoms with Gasteiger partial charge in [0.15, 0.2) is 0 Å². The predicted octanol–water partition coefficient (Wildman–Crippen LogP) is 1.54. The molecule has 0 saturated heterocycles. The van der Waals surface area contributed by atoms with E-state index in [0.29, 0.717) is 11.8 Å². The number of nitro groups is 2. The third-order valence-electron chi connectivity index (χ3n) is 2.33.